The van der Waals surface area contributed by atoms with Crippen LogP contribution in [0.3, 0.4) is 0 Å². The lowest BCUT2D eigenvalue weighted by atomic mass is 10.0. The fourth-order valence-electron chi connectivity index (χ4n) is 1.75. The molecule has 0 bridgehead atoms. The third-order valence-electron chi connectivity index (χ3n) is 2.74. The lowest BCUT2D eigenvalue weighted by Crippen LogP contribution is -2.21. The van der Waals surface area contributed by atoms with Gasteiger partial charge in [0.15, 0.2) is 0 Å². The fraction of sp³-hybridized carbons (Fsp3) is 0.500. The number of hydrogen-bond acceptors (Lipinski definition) is 2. The van der Waals surface area contributed by atoms with Crippen LogP contribution in [-0.2, 0) is 6.42 Å². The minimum atomic E-state index is -0.399. The zero-order valence-corrected chi connectivity index (χ0v) is 8.32. The van der Waals surface area contributed by atoms with Crippen molar-refractivity contribution in [1.29, 1.82) is 0 Å². The zero-order valence-electron chi connectivity index (χ0n) is 8.32. The molecule has 0 aliphatic heterocycles. The highest BCUT2D eigenvalue weighted by molar-refractivity contribution is 5.29. The summed E-state index contributed by atoms with van der Waals surface area (Å²) in [6, 6.07) is 8.52. The van der Waals surface area contributed by atoms with E-state index in [4.69, 9.17) is 5.73 Å². The second kappa shape index (κ2) is 4.11. The molecule has 1 unspecified atom stereocenters. The SMILES string of the molecule is NCC(O)Cc1cccc(C2CC2)c1. The third-order valence-corrected chi connectivity index (χ3v) is 2.74. The first-order valence-electron chi connectivity index (χ1n) is 5.26. The van der Waals surface area contributed by atoms with Gasteiger partial charge in [0, 0.05) is 6.54 Å². The molecule has 0 amide bonds. The highest BCUT2D eigenvalue weighted by atomic mass is 16.3. The van der Waals surface area contributed by atoms with Crippen molar-refractivity contribution in [3.05, 3.63) is 35.4 Å². The van der Waals surface area contributed by atoms with Crippen LogP contribution in [0.25, 0.3) is 0 Å². The molecular formula is C12H17NO. The fourth-order valence-corrected chi connectivity index (χ4v) is 1.75. The van der Waals surface area contributed by atoms with Crippen LogP contribution < -0.4 is 5.73 Å². The molecule has 2 nitrogen and oxygen atoms in total. The van der Waals surface area contributed by atoms with Crippen molar-refractivity contribution in [2.24, 2.45) is 5.73 Å². The molecule has 1 aliphatic carbocycles. The maximum atomic E-state index is 9.43. The van der Waals surface area contributed by atoms with Crippen LogP contribution in [0.15, 0.2) is 24.3 Å². The van der Waals surface area contributed by atoms with Gasteiger partial charge in [0.1, 0.15) is 0 Å². The number of rotatable bonds is 4. The van der Waals surface area contributed by atoms with Crippen molar-refractivity contribution in [1.82, 2.24) is 0 Å². The van der Waals surface area contributed by atoms with Crippen LogP contribution in [-0.4, -0.2) is 17.8 Å². The van der Waals surface area contributed by atoms with Gasteiger partial charge in [-0.05, 0) is 36.3 Å². The molecule has 76 valence electrons. The number of aliphatic hydroxyl groups is 1. The Morgan fingerprint density at radius 2 is 2.21 bits per heavy atom. The number of nitrogens with two attached hydrogens (primary N) is 1. The van der Waals surface area contributed by atoms with Gasteiger partial charge < -0.3 is 10.8 Å². The van der Waals surface area contributed by atoms with E-state index in [1.807, 2.05) is 0 Å². The maximum Gasteiger partial charge on any atom is 0.0702 e. The molecule has 1 atom stereocenters. The highest BCUT2D eigenvalue weighted by Crippen LogP contribution is 2.40. The van der Waals surface area contributed by atoms with Crippen LogP contribution in [0, 0.1) is 0 Å². The van der Waals surface area contributed by atoms with Gasteiger partial charge in [-0.3, -0.25) is 0 Å². The Labute approximate surface area is 84.7 Å². The molecule has 1 saturated carbocycles. The zero-order chi connectivity index (χ0) is 9.97. The lowest BCUT2D eigenvalue weighted by molar-refractivity contribution is 0.183. The van der Waals surface area contributed by atoms with Crippen LogP contribution in [0.5, 0.6) is 0 Å². The van der Waals surface area contributed by atoms with Gasteiger partial charge in [-0.25, -0.2) is 0 Å². The van der Waals surface area contributed by atoms with Gasteiger partial charge >= 0.3 is 0 Å². The molecule has 1 aromatic rings. The predicted octanol–water partition coefficient (Wildman–Crippen LogP) is 1.43. The first kappa shape index (κ1) is 9.69. The molecule has 0 spiro atoms. The molecule has 1 aromatic carbocycles. The topological polar surface area (TPSA) is 46.2 Å². The van der Waals surface area contributed by atoms with E-state index in [0.717, 1.165) is 5.92 Å². The molecule has 14 heavy (non-hydrogen) atoms. The Balaban J connectivity index is 2.05. The summed E-state index contributed by atoms with van der Waals surface area (Å²) < 4.78 is 0. The van der Waals surface area contributed by atoms with E-state index in [0.29, 0.717) is 13.0 Å². The van der Waals surface area contributed by atoms with E-state index in [1.54, 1.807) is 0 Å². The average Bonchev–Trinajstić information content (AvgIpc) is 3.01. The van der Waals surface area contributed by atoms with Gasteiger partial charge in [0.05, 0.1) is 6.10 Å². The van der Waals surface area contributed by atoms with Gasteiger partial charge in [-0.15, -0.1) is 0 Å². The summed E-state index contributed by atoms with van der Waals surface area (Å²) in [6.45, 7) is 0.341. The highest BCUT2D eigenvalue weighted by Gasteiger charge is 2.23. The molecule has 2 heteroatoms. The maximum absolute atomic E-state index is 9.43. The van der Waals surface area contributed by atoms with Gasteiger partial charge in [-0.1, -0.05) is 24.3 Å². The smallest absolute Gasteiger partial charge is 0.0702 e. The Morgan fingerprint density at radius 1 is 1.43 bits per heavy atom. The number of aliphatic hydroxyl groups excluding tert-OH is 1. The predicted molar refractivity (Wildman–Crippen MR) is 57.2 cm³/mol. The summed E-state index contributed by atoms with van der Waals surface area (Å²) >= 11 is 0. The van der Waals surface area contributed by atoms with Crippen molar-refractivity contribution in [2.45, 2.75) is 31.3 Å². The van der Waals surface area contributed by atoms with Gasteiger partial charge in [0.25, 0.3) is 0 Å². The minimum absolute atomic E-state index is 0.341. The molecule has 1 fully saturated rings. The molecular weight excluding hydrogens is 174 g/mol. The minimum Gasteiger partial charge on any atom is -0.391 e. The molecule has 3 N–H and O–H groups in total. The second-order valence-corrected chi connectivity index (χ2v) is 4.11. The first-order valence-corrected chi connectivity index (χ1v) is 5.26. The quantitative estimate of drug-likeness (QED) is 0.756. The average molecular weight is 191 g/mol. The number of benzene rings is 1. The van der Waals surface area contributed by atoms with Crippen LogP contribution in [0.4, 0.5) is 0 Å². The molecule has 0 radical (unpaired) electrons. The normalized spacial score (nSPS) is 18.1. The van der Waals surface area contributed by atoms with E-state index in [1.165, 1.54) is 24.0 Å². The van der Waals surface area contributed by atoms with Crippen LogP contribution in [0.2, 0.25) is 0 Å². The largest absolute Gasteiger partial charge is 0.391 e. The van der Waals surface area contributed by atoms with E-state index in [-0.39, 0.29) is 0 Å². The summed E-state index contributed by atoms with van der Waals surface area (Å²) in [7, 11) is 0. The van der Waals surface area contributed by atoms with Crippen LogP contribution >= 0.6 is 0 Å². The summed E-state index contributed by atoms with van der Waals surface area (Å²) in [5.41, 5.74) is 8.00. The Kier molecular flexibility index (Phi) is 2.85. The van der Waals surface area contributed by atoms with E-state index in [2.05, 4.69) is 24.3 Å². The third kappa shape index (κ3) is 2.34. The van der Waals surface area contributed by atoms with Crippen molar-refractivity contribution >= 4 is 0 Å². The summed E-state index contributed by atoms with van der Waals surface area (Å²) in [5, 5.41) is 9.43. The summed E-state index contributed by atoms with van der Waals surface area (Å²) in [4.78, 5) is 0. The van der Waals surface area contributed by atoms with Crippen molar-refractivity contribution in [2.75, 3.05) is 6.54 Å². The summed E-state index contributed by atoms with van der Waals surface area (Å²) in [6.07, 6.45) is 2.92. The second-order valence-electron chi connectivity index (χ2n) is 4.11. The Bertz CT molecular complexity index is 307. The number of hydrogen-bond donors (Lipinski definition) is 2. The van der Waals surface area contributed by atoms with Crippen molar-refractivity contribution in [3.8, 4) is 0 Å². The monoisotopic (exact) mass is 191 g/mol. The van der Waals surface area contributed by atoms with Crippen molar-refractivity contribution in [3.63, 3.8) is 0 Å². The molecule has 0 heterocycles. The first-order chi connectivity index (χ1) is 6.79. The Hall–Kier alpha value is -0.860. The molecule has 0 aromatic heterocycles. The lowest BCUT2D eigenvalue weighted by Gasteiger charge is -2.08. The van der Waals surface area contributed by atoms with E-state index >= 15 is 0 Å². The van der Waals surface area contributed by atoms with E-state index in [9.17, 15) is 5.11 Å². The van der Waals surface area contributed by atoms with Crippen molar-refractivity contribution < 1.29 is 5.11 Å². The standard InChI is InChI=1S/C12H17NO/c13-8-12(14)7-9-2-1-3-11(6-9)10-4-5-10/h1-3,6,10,12,14H,4-5,7-8,13H2. The molecule has 1 aliphatic rings. The van der Waals surface area contributed by atoms with E-state index < -0.39 is 6.10 Å². The molecule has 2 rings (SSSR count). The van der Waals surface area contributed by atoms with Gasteiger partial charge in [0.2, 0.25) is 0 Å². The summed E-state index contributed by atoms with van der Waals surface area (Å²) in [5.74, 6) is 0.782. The van der Waals surface area contributed by atoms with Crippen LogP contribution in [0.1, 0.15) is 29.9 Å². The Morgan fingerprint density at radius 3 is 2.86 bits per heavy atom. The van der Waals surface area contributed by atoms with Gasteiger partial charge in [-0.2, -0.15) is 0 Å². The molecule has 0 saturated heterocycles.